The summed E-state index contributed by atoms with van der Waals surface area (Å²) in [5.41, 5.74) is -5.26. The highest BCUT2D eigenvalue weighted by Crippen LogP contribution is 2.67. The van der Waals surface area contributed by atoms with E-state index >= 15 is 0 Å². The first-order valence-corrected chi connectivity index (χ1v) is 42.4. The molecule has 104 heavy (non-hydrogen) atoms. The quantitative estimate of drug-likeness (QED) is 0.0650. The van der Waals surface area contributed by atoms with E-state index in [1.54, 1.807) is 0 Å². The minimum absolute atomic E-state index is 0.00109. The molecule has 15 rings (SSSR count). The molecule has 0 radical (unpaired) electrons. The molecular weight excluding hydrogens is 1310 g/mol. The number of rotatable bonds is 24. The van der Waals surface area contributed by atoms with Crippen molar-refractivity contribution in [2.45, 2.75) is 402 Å². The largest absolute Gasteiger partial charge is 0.459 e. The first-order valence-electron chi connectivity index (χ1n) is 42.4. The van der Waals surface area contributed by atoms with Crippen LogP contribution in [0.3, 0.4) is 0 Å². The predicted octanol–water partition coefficient (Wildman–Crippen LogP) is 20.1. The first kappa shape index (κ1) is 83.8. The van der Waals surface area contributed by atoms with Gasteiger partial charge in [0.2, 0.25) is 0 Å². The van der Waals surface area contributed by atoms with Crippen LogP contribution in [0.4, 0.5) is 0 Å². The number of hydrogen-bond acceptors (Lipinski definition) is 16. The minimum atomic E-state index is -0.559. The van der Waals surface area contributed by atoms with E-state index in [0.29, 0.717) is 73.0 Å². The van der Waals surface area contributed by atoms with Gasteiger partial charge in [-0.3, -0.25) is 28.8 Å². The van der Waals surface area contributed by atoms with Crippen LogP contribution in [0.15, 0.2) is 0 Å². The lowest BCUT2D eigenvalue weighted by Crippen LogP contribution is -2.63. The van der Waals surface area contributed by atoms with Crippen LogP contribution in [0.1, 0.15) is 369 Å². The Balaban J connectivity index is 0.000000163. The Bertz CT molecular complexity index is 2940. The third-order valence-electron chi connectivity index (χ3n) is 30.0. The fraction of sp³-hybridized carbons (Fsp3) is 0.909. The van der Waals surface area contributed by atoms with Crippen molar-refractivity contribution in [3.8, 4) is 0 Å². The van der Waals surface area contributed by atoms with Gasteiger partial charge in [0.25, 0.3) is 0 Å². The van der Waals surface area contributed by atoms with Crippen LogP contribution in [-0.2, 0) is 76.3 Å². The van der Waals surface area contributed by atoms with E-state index in [1.807, 2.05) is 96.9 Å². The summed E-state index contributed by atoms with van der Waals surface area (Å²) in [7, 11) is 0. The van der Waals surface area contributed by atoms with Gasteiger partial charge in [-0.2, -0.15) is 0 Å². The summed E-state index contributed by atoms with van der Waals surface area (Å²) in [4.78, 5) is 101. The smallest absolute Gasteiger partial charge is 0.344 e. The topological polar surface area (TPSA) is 210 Å². The molecular formula is C88H144O16. The van der Waals surface area contributed by atoms with Gasteiger partial charge >= 0.3 is 47.8 Å². The van der Waals surface area contributed by atoms with E-state index in [1.165, 1.54) is 89.9 Å². The van der Waals surface area contributed by atoms with Crippen LogP contribution in [0, 0.1) is 91.7 Å². The highest BCUT2D eigenvalue weighted by Gasteiger charge is 2.67. The number of hydrogen-bond donors (Lipinski definition) is 0. The molecule has 4 atom stereocenters. The van der Waals surface area contributed by atoms with Gasteiger partial charge in [0.1, 0.15) is 33.6 Å². The molecule has 0 aromatic heterocycles. The van der Waals surface area contributed by atoms with Crippen molar-refractivity contribution in [3.05, 3.63) is 0 Å². The zero-order chi connectivity index (χ0) is 76.3. The SMILES string of the molecule is CCC(C)(C)C(=O)OC12CC3CC(C1)CC(C(=O)OC1(C)C4CC5CC(C4)CC1C5)(C3)C2.CCC(C)(C)C(=O)OC12CC3CC(C1)CC(C(=O)OC1(C)CCCCC1)(C3)C2.CCC(C)(C)C(=O)OCC(=O)OC(C)(C)C1CCCCC1.CCC(C)(C)C(=O)OCC(=O)OC(CC)(CC)C1CCCCC1. The van der Waals surface area contributed by atoms with Crippen molar-refractivity contribution in [2.24, 2.45) is 91.7 Å². The molecule has 0 N–H and O–H groups in total. The summed E-state index contributed by atoms with van der Waals surface area (Å²) < 4.78 is 47.1. The molecule has 0 amide bonds. The summed E-state index contributed by atoms with van der Waals surface area (Å²) in [5.74, 6) is 3.95. The van der Waals surface area contributed by atoms with Crippen molar-refractivity contribution in [2.75, 3.05) is 13.2 Å². The monoisotopic (exact) mass is 1460 g/mol. The zero-order valence-electron chi connectivity index (χ0n) is 68.6. The Morgan fingerprint density at radius 2 is 0.692 bits per heavy atom. The van der Waals surface area contributed by atoms with Crippen LogP contribution in [-0.4, -0.2) is 94.6 Å². The van der Waals surface area contributed by atoms with Gasteiger partial charge in [0.05, 0.1) is 32.5 Å². The number of carbonyl (C=O) groups is 8. The second-order valence-corrected chi connectivity index (χ2v) is 40.0. The number of carbonyl (C=O) groups excluding carboxylic acids is 8. The lowest BCUT2D eigenvalue weighted by atomic mass is 9.47. The van der Waals surface area contributed by atoms with Crippen molar-refractivity contribution >= 4 is 47.8 Å². The Morgan fingerprint density at radius 3 is 1.07 bits per heavy atom. The first-order chi connectivity index (χ1) is 48.6. The highest BCUT2D eigenvalue weighted by molar-refractivity contribution is 5.82. The molecule has 0 aromatic carbocycles. The molecule has 0 spiro atoms. The average molecular weight is 1460 g/mol. The molecule has 0 aromatic rings. The summed E-state index contributed by atoms with van der Waals surface area (Å²) in [5, 5.41) is 0. The molecule has 4 unspecified atom stereocenters. The summed E-state index contributed by atoms with van der Waals surface area (Å²) in [6, 6.07) is 0. The maximum atomic E-state index is 14.0. The lowest BCUT2D eigenvalue weighted by molar-refractivity contribution is -0.238. The molecule has 592 valence electrons. The molecule has 0 heterocycles. The van der Waals surface area contributed by atoms with E-state index in [9.17, 15) is 38.4 Å². The molecule has 16 nitrogen and oxygen atoms in total. The van der Waals surface area contributed by atoms with Crippen LogP contribution in [0.2, 0.25) is 0 Å². The molecule has 15 aliphatic rings. The Hall–Kier alpha value is -4.24. The van der Waals surface area contributed by atoms with Gasteiger partial charge in [-0.15, -0.1) is 0 Å². The van der Waals surface area contributed by atoms with Crippen molar-refractivity contribution in [1.29, 1.82) is 0 Å². The number of ether oxygens (including phenoxy) is 8. The van der Waals surface area contributed by atoms with Gasteiger partial charge in [0, 0.05) is 12.8 Å². The molecule has 16 heteroatoms. The molecule has 0 aliphatic heterocycles. The van der Waals surface area contributed by atoms with E-state index in [4.69, 9.17) is 37.9 Å². The molecule has 12 bridgehead atoms. The predicted molar refractivity (Wildman–Crippen MR) is 402 cm³/mol. The van der Waals surface area contributed by atoms with Crippen molar-refractivity contribution < 1.29 is 76.3 Å². The van der Waals surface area contributed by atoms with Gasteiger partial charge in [-0.1, -0.05) is 86.5 Å². The average Bonchev–Trinajstić information content (AvgIpc) is 0.716. The second kappa shape index (κ2) is 32.8. The Kier molecular flexibility index (Phi) is 26.4. The fourth-order valence-corrected chi connectivity index (χ4v) is 22.4. The maximum absolute atomic E-state index is 14.0. The fourth-order valence-electron chi connectivity index (χ4n) is 22.4. The van der Waals surface area contributed by atoms with Gasteiger partial charge in [-0.05, 0) is 328 Å². The van der Waals surface area contributed by atoms with Gasteiger partial charge < -0.3 is 37.9 Å². The summed E-state index contributed by atoms with van der Waals surface area (Å²) in [6.45, 7) is 35.0. The lowest BCUT2D eigenvalue weighted by Gasteiger charge is -2.62. The summed E-state index contributed by atoms with van der Waals surface area (Å²) in [6.07, 6.45) is 39.5. The third-order valence-corrected chi connectivity index (χ3v) is 30.0. The zero-order valence-corrected chi connectivity index (χ0v) is 68.6. The van der Waals surface area contributed by atoms with E-state index in [0.717, 1.165) is 140 Å². The standard InChI is InChI=1S/C28H42O4.C24H38O4.C19H34O4.C17H30O4/c1-5-25(2,3)23(29)32-28-14-19-7-20(15-28)13-27(12-19,16-28)24(30)31-26(4)21-8-17-6-18(10-21)11-22(26)9-17;1-5-21(2,3)19(25)28-24-14-17-11-18(15-24)13-23(12-17,16-24)20(26)27-22(4)9-7-6-8-10-22;1-6-18(4,5)17(21)22-14-16(20)23-19(7-2,8-3)15-12-10-9-11-13-15;1-6-16(2,3)15(19)20-12-14(18)21-17(4,5)13-10-8-7-9-11-13/h17-22H,5-16H2,1-4H3;17-18H,5-16H2,1-4H3;15H,6-14H2,1-5H3;13H,6-12H2,1-5H3. The third kappa shape index (κ3) is 19.0. The van der Waals surface area contributed by atoms with E-state index < -0.39 is 66.8 Å². The Labute approximate surface area is 628 Å². The van der Waals surface area contributed by atoms with Gasteiger partial charge in [0.15, 0.2) is 13.2 Å². The molecule has 15 aliphatic carbocycles. The van der Waals surface area contributed by atoms with Gasteiger partial charge in [-0.25, -0.2) is 9.59 Å². The van der Waals surface area contributed by atoms with E-state index in [-0.39, 0.29) is 60.2 Å². The Morgan fingerprint density at radius 1 is 0.356 bits per heavy atom. The molecule has 15 saturated carbocycles. The second-order valence-electron chi connectivity index (χ2n) is 40.0. The maximum Gasteiger partial charge on any atom is 0.344 e. The highest BCUT2D eigenvalue weighted by atomic mass is 16.6. The van der Waals surface area contributed by atoms with Crippen LogP contribution in [0.25, 0.3) is 0 Å². The molecule has 15 fully saturated rings. The summed E-state index contributed by atoms with van der Waals surface area (Å²) >= 11 is 0. The van der Waals surface area contributed by atoms with Crippen LogP contribution < -0.4 is 0 Å². The van der Waals surface area contributed by atoms with Crippen LogP contribution >= 0.6 is 0 Å². The molecule has 0 saturated heterocycles. The van der Waals surface area contributed by atoms with Crippen molar-refractivity contribution in [1.82, 2.24) is 0 Å². The number of esters is 8. The minimum Gasteiger partial charge on any atom is -0.459 e. The van der Waals surface area contributed by atoms with Crippen LogP contribution in [0.5, 0.6) is 0 Å². The van der Waals surface area contributed by atoms with Crippen molar-refractivity contribution in [3.63, 3.8) is 0 Å². The normalized spacial score (nSPS) is 33.2. The van der Waals surface area contributed by atoms with E-state index in [2.05, 4.69) is 27.7 Å².